The molecule has 2 aliphatic heterocycles. The van der Waals surface area contributed by atoms with Crippen molar-refractivity contribution < 1.29 is 13.6 Å². The second-order valence-electron chi connectivity index (χ2n) is 9.14. The van der Waals surface area contributed by atoms with Crippen molar-refractivity contribution in [1.29, 1.82) is 0 Å². The standard InChI is InChI=1S/C24H28F2N4OS/c25-18-11-19(26)13-21(12-18)30-23(31)28-22(27-20-5-2-1-3-6-20)24(30)8-4-9-29(16-24)14-17-7-10-32-15-17/h7,10-13,15,20H,1-6,8-9,14,16H2,(H,27,28,31). The number of anilines is 1. The molecule has 3 heterocycles. The molecule has 1 unspecified atom stereocenters. The van der Waals surface area contributed by atoms with Crippen molar-refractivity contribution in [2.45, 2.75) is 63.1 Å². The topological polar surface area (TPSA) is 47.9 Å². The van der Waals surface area contributed by atoms with E-state index in [0.717, 1.165) is 51.3 Å². The Hall–Kier alpha value is -2.32. The first kappa shape index (κ1) is 21.5. The molecule has 1 N–H and O–H groups in total. The van der Waals surface area contributed by atoms with Crippen molar-refractivity contribution in [2.75, 3.05) is 18.0 Å². The van der Waals surface area contributed by atoms with Gasteiger partial charge >= 0.3 is 6.03 Å². The first-order valence-electron chi connectivity index (χ1n) is 11.4. The summed E-state index contributed by atoms with van der Waals surface area (Å²) in [7, 11) is 0. The molecule has 1 spiro atoms. The van der Waals surface area contributed by atoms with Crippen LogP contribution in [0.25, 0.3) is 0 Å². The fourth-order valence-electron chi connectivity index (χ4n) is 5.43. The lowest BCUT2D eigenvalue weighted by atomic mass is 9.85. The second kappa shape index (κ2) is 8.90. The van der Waals surface area contributed by atoms with Gasteiger partial charge in [-0.2, -0.15) is 11.3 Å². The number of thiophene rings is 1. The van der Waals surface area contributed by atoms with Gasteiger partial charge in [0.1, 0.15) is 23.0 Å². The first-order chi connectivity index (χ1) is 15.5. The number of piperidine rings is 1. The van der Waals surface area contributed by atoms with Crippen molar-refractivity contribution in [1.82, 2.24) is 10.2 Å². The van der Waals surface area contributed by atoms with Gasteiger partial charge in [0.05, 0.1) is 11.7 Å². The maximum Gasteiger partial charge on any atom is 0.328 e. The minimum atomic E-state index is -0.747. The molecule has 3 fully saturated rings. The number of benzene rings is 1. The van der Waals surface area contributed by atoms with Gasteiger partial charge in [-0.05, 0) is 66.8 Å². The number of hydrogen-bond acceptors (Lipinski definition) is 4. The maximum atomic E-state index is 14.1. The molecule has 1 aromatic heterocycles. The van der Waals surface area contributed by atoms with Gasteiger partial charge in [-0.25, -0.2) is 13.6 Å². The molecule has 2 saturated heterocycles. The van der Waals surface area contributed by atoms with Crippen LogP contribution in [0.3, 0.4) is 0 Å². The quantitative estimate of drug-likeness (QED) is 0.674. The summed E-state index contributed by atoms with van der Waals surface area (Å²) in [5, 5.41) is 7.19. The van der Waals surface area contributed by atoms with E-state index in [1.165, 1.54) is 24.1 Å². The highest BCUT2D eigenvalue weighted by Gasteiger charge is 2.54. The van der Waals surface area contributed by atoms with Crippen LogP contribution in [0.2, 0.25) is 0 Å². The van der Waals surface area contributed by atoms with Crippen LogP contribution in [-0.4, -0.2) is 41.4 Å². The Morgan fingerprint density at radius 1 is 1.12 bits per heavy atom. The van der Waals surface area contributed by atoms with E-state index in [1.54, 1.807) is 16.2 Å². The number of carbonyl (C=O) groups excluding carboxylic acids is 1. The van der Waals surface area contributed by atoms with Gasteiger partial charge in [-0.1, -0.05) is 19.3 Å². The zero-order valence-corrected chi connectivity index (χ0v) is 18.8. The normalized spacial score (nSPS) is 26.2. The Morgan fingerprint density at radius 3 is 2.62 bits per heavy atom. The lowest BCUT2D eigenvalue weighted by Crippen LogP contribution is -2.60. The van der Waals surface area contributed by atoms with Crippen molar-refractivity contribution in [2.24, 2.45) is 4.99 Å². The number of rotatable bonds is 4. The third-order valence-electron chi connectivity index (χ3n) is 6.83. The first-order valence-corrected chi connectivity index (χ1v) is 12.4. The highest BCUT2D eigenvalue weighted by Crippen LogP contribution is 2.38. The molecule has 5 nitrogen and oxygen atoms in total. The van der Waals surface area contributed by atoms with Crippen LogP contribution in [0.1, 0.15) is 50.5 Å². The summed E-state index contributed by atoms with van der Waals surface area (Å²) >= 11 is 1.67. The van der Waals surface area contributed by atoms with Crippen LogP contribution < -0.4 is 10.2 Å². The molecule has 1 aromatic carbocycles. The monoisotopic (exact) mass is 458 g/mol. The number of amidine groups is 1. The lowest BCUT2D eigenvalue weighted by Gasteiger charge is -2.44. The van der Waals surface area contributed by atoms with Crippen LogP contribution in [0.5, 0.6) is 0 Å². The van der Waals surface area contributed by atoms with E-state index < -0.39 is 17.2 Å². The van der Waals surface area contributed by atoms with Gasteiger partial charge in [0.15, 0.2) is 0 Å². The molecule has 2 aromatic rings. The van der Waals surface area contributed by atoms with Crippen molar-refractivity contribution >= 4 is 28.9 Å². The highest BCUT2D eigenvalue weighted by atomic mass is 32.1. The molecule has 3 aliphatic rings. The van der Waals surface area contributed by atoms with Gasteiger partial charge in [0.25, 0.3) is 0 Å². The zero-order chi connectivity index (χ0) is 22.1. The molecule has 2 amide bonds. The van der Waals surface area contributed by atoms with E-state index in [0.29, 0.717) is 18.8 Å². The molecular formula is C24H28F2N4OS. The molecule has 0 radical (unpaired) electrons. The van der Waals surface area contributed by atoms with Crippen molar-refractivity contribution in [3.05, 3.63) is 52.2 Å². The largest absolute Gasteiger partial charge is 0.328 e. The molecule has 1 atom stereocenters. The minimum absolute atomic E-state index is 0.187. The summed E-state index contributed by atoms with van der Waals surface area (Å²) < 4.78 is 28.2. The Morgan fingerprint density at radius 2 is 1.91 bits per heavy atom. The molecule has 1 aliphatic carbocycles. The minimum Gasteiger partial charge on any atom is -0.296 e. The average Bonchev–Trinajstić information content (AvgIpc) is 3.35. The highest BCUT2D eigenvalue weighted by molar-refractivity contribution is 7.07. The van der Waals surface area contributed by atoms with E-state index in [9.17, 15) is 13.6 Å². The zero-order valence-electron chi connectivity index (χ0n) is 18.0. The van der Waals surface area contributed by atoms with Gasteiger partial charge in [0, 0.05) is 19.2 Å². The molecule has 32 heavy (non-hydrogen) atoms. The van der Waals surface area contributed by atoms with Crippen molar-refractivity contribution in [3.8, 4) is 0 Å². The van der Waals surface area contributed by atoms with Crippen LogP contribution in [0.4, 0.5) is 19.3 Å². The van der Waals surface area contributed by atoms with E-state index in [4.69, 9.17) is 4.99 Å². The number of nitrogens with zero attached hydrogens (tertiary/aromatic N) is 3. The van der Waals surface area contributed by atoms with E-state index >= 15 is 0 Å². The van der Waals surface area contributed by atoms with Gasteiger partial charge in [-0.3, -0.25) is 20.1 Å². The summed E-state index contributed by atoms with van der Waals surface area (Å²) in [6, 6.07) is 5.26. The van der Waals surface area contributed by atoms with E-state index in [-0.39, 0.29) is 17.8 Å². The number of amides is 2. The van der Waals surface area contributed by atoms with Gasteiger partial charge in [0.2, 0.25) is 0 Å². The Bertz CT molecular complexity index is 985. The predicted octanol–water partition coefficient (Wildman–Crippen LogP) is 5.32. The fourth-order valence-corrected chi connectivity index (χ4v) is 6.09. The molecule has 0 bridgehead atoms. The SMILES string of the molecule is O=C1NC(=NC2CCCCC2)C2(CCCN(Cc3ccsc3)C2)N1c1cc(F)cc(F)c1. The number of halogens is 2. The smallest absolute Gasteiger partial charge is 0.296 e. The molecular weight excluding hydrogens is 430 g/mol. The number of urea groups is 1. The predicted molar refractivity (Wildman–Crippen MR) is 123 cm³/mol. The van der Waals surface area contributed by atoms with Gasteiger partial charge < -0.3 is 0 Å². The lowest BCUT2D eigenvalue weighted by molar-refractivity contribution is 0.176. The molecule has 8 heteroatoms. The Balaban J connectivity index is 1.54. The molecule has 5 rings (SSSR count). The number of nitrogens with one attached hydrogen (secondary N) is 1. The summed E-state index contributed by atoms with van der Waals surface area (Å²) in [4.78, 5) is 22.1. The number of likely N-dealkylation sites (tertiary alicyclic amines) is 1. The van der Waals surface area contributed by atoms with E-state index in [1.807, 2.05) is 0 Å². The molecule has 170 valence electrons. The number of aliphatic imine (C=N–C) groups is 1. The second-order valence-corrected chi connectivity index (χ2v) is 9.92. The van der Waals surface area contributed by atoms with E-state index in [2.05, 4.69) is 27.0 Å². The third kappa shape index (κ3) is 4.18. The maximum absolute atomic E-state index is 14.1. The Labute approximate surface area is 191 Å². The fraction of sp³-hybridized carbons (Fsp3) is 0.500. The molecule has 1 saturated carbocycles. The van der Waals surface area contributed by atoms with Crippen LogP contribution in [0, 0.1) is 11.6 Å². The summed E-state index contributed by atoms with van der Waals surface area (Å²) in [6.45, 7) is 2.26. The summed E-state index contributed by atoms with van der Waals surface area (Å²) in [6.07, 6.45) is 7.12. The van der Waals surface area contributed by atoms with Crippen LogP contribution in [0.15, 0.2) is 40.0 Å². The number of hydrogen-bond donors (Lipinski definition) is 1. The third-order valence-corrected chi connectivity index (χ3v) is 7.56. The Kier molecular flexibility index (Phi) is 5.99. The summed E-state index contributed by atoms with van der Waals surface area (Å²) in [5.41, 5.74) is 0.730. The number of carbonyl (C=O) groups is 1. The average molecular weight is 459 g/mol. The van der Waals surface area contributed by atoms with Crippen LogP contribution in [-0.2, 0) is 6.54 Å². The van der Waals surface area contributed by atoms with Crippen molar-refractivity contribution in [3.63, 3.8) is 0 Å². The van der Waals surface area contributed by atoms with Crippen LogP contribution >= 0.6 is 11.3 Å². The summed E-state index contributed by atoms with van der Waals surface area (Å²) in [5.74, 6) is -0.716. The van der Waals surface area contributed by atoms with Gasteiger partial charge in [-0.15, -0.1) is 0 Å².